The third-order valence-corrected chi connectivity index (χ3v) is 6.58. The van der Waals surface area contributed by atoms with Crippen molar-refractivity contribution in [2.75, 3.05) is 20.2 Å². The number of alkyl halides is 3. The number of nitrogens with zero attached hydrogens (tertiary/aromatic N) is 3. The van der Waals surface area contributed by atoms with Crippen molar-refractivity contribution < 1.29 is 22.7 Å². The summed E-state index contributed by atoms with van der Waals surface area (Å²) in [5, 5.41) is 9.40. The Morgan fingerprint density at radius 2 is 1.94 bits per heavy atom. The van der Waals surface area contributed by atoms with Crippen molar-refractivity contribution in [3.05, 3.63) is 57.4 Å². The van der Waals surface area contributed by atoms with Crippen molar-refractivity contribution in [1.82, 2.24) is 9.88 Å². The number of hydrogen-bond donors (Lipinski definition) is 0. The molecule has 1 aromatic heterocycles. The van der Waals surface area contributed by atoms with Gasteiger partial charge in [0.15, 0.2) is 0 Å². The van der Waals surface area contributed by atoms with E-state index in [1.807, 2.05) is 6.07 Å². The summed E-state index contributed by atoms with van der Waals surface area (Å²) in [7, 11) is 1.44. The molecule has 2 fully saturated rings. The molecule has 1 aromatic carbocycles. The Balaban J connectivity index is 1.59. The third-order valence-electron chi connectivity index (χ3n) is 6.28. The molecule has 0 bridgehead atoms. The highest BCUT2D eigenvalue weighted by Gasteiger charge is 2.39. The van der Waals surface area contributed by atoms with Crippen LogP contribution in [0.5, 0.6) is 5.75 Å². The summed E-state index contributed by atoms with van der Waals surface area (Å²) in [5.74, 6) is 0.00340. The largest absolute Gasteiger partial charge is 0.495 e. The molecule has 4 rings (SSSR count). The van der Waals surface area contributed by atoms with Gasteiger partial charge in [0, 0.05) is 25.2 Å². The number of benzene rings is 1. The van der Waals surface area contributed by atoms with Crippen LogP contribution >= 0.6 is 11.6 Å². The molecule has 9 heteroatoms. The van der Waals surface area contributed by atoms with Crippen LogP contribution in [0.15, 0.2) is 24.4 Å². The maximum Gasteiger partial charge on any atom is 0.417 e. The average Bonchev–Trinajstić information content (AvgIpc) is 3.26. The van der Waals surface area contributed by atoms with E-state index in [0.29, 0.717) is 16.8 Å². The molecule has 2 heterocycles. The Bertz CT molecular complexity index is 1090. The van der Waals surface area contributed by atoms with E-state index in [1.54, 1.807) is 11.0 Å². The van der Waals surface area contributed by atoms with Crippen molar-refractivity contribution in [1.29, 1.82) is 5.26 Å². The lowest BCUT2D eigenvalue weighted by Gasteiger charge is -2.40. The van der Waals surface area contributed by atoms with Crippen molar-refractivity contribution in [3.8, 4) is 11.8 Å². The summed E-state index contributed by atoms with van der Waals surface area (Å²) >= 11 is 6.06. The van der Waals surface area contributed by atoms with Gasteiger partial charge in [0.2, 0.25) is 0 Å². The number of hydrogen-bond acceptors (Lipinski definition) is 4. The van der Waals surface area contributed by atoms with Gasteiger partial charge in [-0.2, -0.15) is 18.4 Å². The summed E-state index contributed by atoms with van der Waals surface area (Å²) in [6.45, 7) is 0.557. The lowest BCUT2D eigenvalue weighted by Crippen LogP contribution is -2.49. The molecule has 32 heavy (non-hydrogen) atoms. The van der Waals surface area contributed by atoms with Gasteiger partial charge in [-0.15, -0.1) is 0 Å². The Labute approximate surface area is 188 Å². The highest BCUT2D eigenvalue weighted by atomic mass is 35.5. The Morgan fingerprint density at radius 1 is 1.25 bits per heavy atom. The first-order valence-corrected chi connectivity index (χ1v) is 10.7. The van der Waals surface area contributed by atoms with Crippen LogP contribution in [0, 0.1) is 11.3 Å². The summed E-state index contributed by atoms with van der Waals surface area (Å²) in [6.07, 6.45) is 0.375. The molecule has 0 N–H and O–H groups in total. The number of pyridine rings is 1. The highest BCUT2D eigenvalue weighted by Crippen LogP contribution is 2.42. The lowest BCUT2D eigenvalue weighted by molar-refractivity contribution is -0.137. The molecule has 0 spiro atoms. The summed E-state index contributed by atoms with van der Waals surface area (Å²) in [5.41, 5.74) is 1.03. The molecule has 2 aliphatic rings. The molecule has 1 aliphatic carbocycles. The van der Waals surface area contributed by atoms with Gasteiger partial charge in [-0.05, 0) is 36.5 Å². The van der Waals surface area contributed by atoms with Crippen LogP contribution in [0.25, 0.3) is 0 Å². The number of halogens is 4. The second-order valence-corrected chi connectivity index (χ2v) is 8.61. The Hall–Kier alpha value is -2.79. The van der Waals surface area contributed by atoms with Crippen LogP contribution in [0.3, 0.4) is 0 Å². The molecule has 1 amide bonds. The van der Waals surface area contributed by atoms with Crippen LogP contribution in [-0.2, 0) is 6.18 Å². The zero-order valence-electron chi connectivity index (χ0n) is 17.4. The molecule has 1 saturated carbocycles. The number of ether oxygens (including phenoxy) is 1. The zero-order chi connectivity index (χ0) is 23.0. The van der Waals surface area contributed by atoms with Crippen LogP contribution in [0.2, 0.25) is 5.02 Å². The predicted octanol–water partition coefficient (Wildman–Crippen LogP) is 5.53. The fourth-order valence-electron chi connectivity index (χ4n) is 4.57. The van der Waals surface area contributed by atoms with Crippen LogP contribution in [0.1, 0.15) is 70.3 Å². The number of amides is 1. The van der Waals surface area contributed by atoms with Crippen molar-refractivity contribution in [3.63, 3.8) is 0 Å². The van der Waals surface area contributed by atoms with E-state index in [1.165, 1.54) is 7.11 Å². The van der Waals surface area contributed by atoms with Crippen molar-refractivity contribution in [2.45, 2.75) is 43.7 Å². The van der Waals surface area contributed by atoms with E-state index in [9.17, 15) is 23.2 Å². The third kappa shape index (κ3) is 4.02. The number of aromatic nitrogens is 1. The summed E-state index contributed by atoms with van der Waals surface area (Å²) < 4.78 is 44.1. The van der Waals surface area contributed by atoms with Gasteiger partial charge in [-0.1, -0.05) is 30.5 Å². The van der Waals surface area contributed by atoms with Crippen molar-refractivity contribution in [2.24, 2.45) is 0 Å². The quantitative estimate of drug-likeness (QED) is 0.597. The Morgan fingerprint density at radius 3 is 2.50 bits per heavy atom. The summed E-state index contributed by atoms with van der Waals surface area (Å²) in [6, 6.07) is 6.48. The van der Waals surface area contributed by atoms with E-state index in [2.05, 4.69) is 11.1 Å². The normalized spacial score (nSPS) is 17.2. The molecule has 0 atom stereocenters. The first-order valence-electron chi connectivity index (χ1n) is 10.4. The topological polar surface area (TPSA) is 66.2 Å². The van der Waals surface area contributed by atoms with Gasteiger partial charge >= 0.3 is 6.18 Å². The molecule has 1 saturated heterocycles. The zero-order valence-corrected chi connectivity index (χ0v) is 18.1. The number of likely N-dealkylation sites (tertiary alicyclic amines) is 1. The average molecular weight is 464 g/mol. The van der Waals surface area contributed by atoms with Gasteiger partial charge in [0.05, 0.1) is 34.5 Å². The molecule has 0 radical (unpaired) electrons. The standard InChI is InChI=1S/C23H21ClF3N3O2/c1-32-21-14(9-28)6-7-17(13-4-2-3-5-13)19(21)22(31)30-11-15(12-30)20-18(24)8-16(10-29-20)23(25,26)27/h6-8,10,13,15H,2-5,11-12H2,1H3. The molecule has 0 unspecified atom stereocenters. The minimum absolute atomic E-state index is 0.0624. The minimum atomic E-state index is -4.52. The van der Waals surface area contributed by atoms with E-state index in [0.717, 1.165) is 43.5 Å². The molecule has 168 valence electrons. The van der Waals surface area contributed by atoms with Gasteiger partial charge in [0.1, 0.15) is 11.8 Å². The van der Waals surface area contributed by atoms with Gasteiger partial charge < -0.3 is 9.64 Å². The van der Waals surface area contributed by atoms with Crippen LogP contribution < -0.4 is 4.74 Å². The minimum Gasteiger partial charge on any atom is -0.495 e. The first kappa shape index (κ1) is 22.4. The van der Waals surface area contributed by atoms with Crippen molar-refractivity contribution >= 4 is 17.5 Å². The predicted molar refractivity (Wildman–Crippen MR) is 112 cm³/mol. The second kappa shape index (κ2) is 8.62. The monoisotopic (exact) mass is 463 g/mol. The smallest absolute Gasteiger partial charge is 0.417 e. The van der Waals surface area contributed by atoms with Gasteiger partial charge in [0.25, 0.3) is 5.91 Å². The second-order valence-electron chi connectivity index (χ2n) is 8.20. The van der Waals surface area contributed by atoms with E-state index in [-0.39, 0.29) is 41.6 Å². The fraction of sp³-hybridized carbons (Fsp3) is 0.435. The van der Waals surface area contributed by atoms with Crippen LogP contribution in [0.4, 0.5) is 13.2 Å². The van der Waals surface area contributed by atoms with Gasteiger partial charge in [-0.25, -0.2) is 0 Å². The lowest BCUT2D eigenvalue weighted by atomic mass is 9.88. The number of methoxy groups -OCH3 is 1. The first-order chi connectivity index (χ1) is 15.2. The maximum absolute atomic E-state index is 13.4. The molecular formula is C23H21ClF3N3O2. The number of rotatable bonds is 4. The highest BCUT2D eigenvalue weighted by molar-refractivity contribution is 6.31. The molecule has 5 nitrogen and oxygen atoms in total. The SMILES string of the molecule is COc1c(C#N)ccc(C2CCCC2)c1C(=O)N1CC(c2ncc(C(F)(F)F)cc2Cl)C1. The maximum atomic E-state index is 13.4. The molecule has 2 aromatic rings. The Kier molecular flexibility index (Phi) is 6.04. The number of nitriles is 1. The molecule has 1 aliphatic heterocycles. The fourth-order valence-corrected chi connectivity index (χ4v) is 4.90. The van der Waals surface area contributed by atoms with E-state index in [4.69, 9.17) is 16.3 Å². The van der Waals surface area contributed by atoms with E-state index < -0.39 is 11.7 Å². The van der Waals surface area contributed by atoms with Gasteiger partial charge in [-0.3, -0.25) is 9.78 Å². The molecular weight excluding hydrogens is 443 g/mol. The number of carbonyl (C=O) groups excluding carboxylic acids is 1. The van der Waals surface area contributed by atoms with Crippen LogP contribution in [-0.4, -0.2) is 36.0 Å². The summed E-state index contributed by atoms with van der Waals surface area (Å²) in [4.78, 5) is 18.9. The number of carbonyl (C=O) groups is 1. The van der Waals surface area contributed by atoms with E-state index >= 15 is 0 Å².